The summed E-state index contributed by atoms with van der Waals surface area (Å²) in [5, 5.41) is 0. The summed E-state index contributed by atoms with van der Waals surface area (Å²) in [4.78, 5) is 0. The average molecular weight is 162 g/mol. The van der Waals surface area contributed by atoms with Gasteiger partial charge in [0.25, 0.3) is 0 Å². The second-order valence-electron chi connectivity index (χ2n) is 5.33. The summed E-state index contributed by atoms with van der Waals surface area (Å²) >= 11 is 0. The highest BCUT2D eigenvalue weighted by atomic mass is 14.5. The highest BCUT2D eigenvalue weighted by molar-refractivity contribution is 5.37. The Labute approximate surface area is 75.4 Å². The molecule has 0 aromatic heterocycles. The standard InChI is InChI=1S/C12H18/c1-11(2)8-9-6-5-7-10(9)12(11,3)4/h5-7,9H,8H2,1-4H3. The Morgan fingerprint density at radius 2 is 1.92 bits per heavy atom. The van der Waals surface area contributed by atoms with Gasteiger partial charge in [-0.05, 0) is 23.2 Å². The van der Waals surface area contributed by atoms with Crippen LogP contribution in [0.5, 0.6) is 0 Å². The molecule has 1 fully saturated rings. The molecular weight excluding hydrogens is 144 g/mol. The quantitative estimate of drug-likeness (QED) is 0.511. The molecular formula is C12H18. The van der Waals surface area contributed by atoms with Crippen molar-refractivity contribution in [1.29, 1.82) is 0 Å². The van der Waals surface area contributed by atoms with E-state index in [2.05, 4.69) is 45.9 Å². The number of fused-ring (bicyclic) bond motifs is 1. The fourth-order valence-corrected chi connectivity index (χ4v) is 2.57. The number of rotatable bonds is 0. The van der Waals surface area contributed by atoms with E-state index in [9.17, 15) is 0 Å². The fraction of sp³-hybridized carbons (Fsp3) is 0.667. The Hall–Kier alpha value is -0.520. The van der Waals surface area contributed by atoms with Crippen LogP contribution in [-0.2, 0) is 0 Å². The van der Waals surface area contributed by atoms with E-state index in [1.807, 2.05) is 0 Å². The topological polar surface area (TPSA) is 0 Å². The molecule has 2 aliphatic carbocycles. The highest BCUT2D eigenvalue weighted by Gasteiger charge is 2.49. The molecule has 66 valence electrons. The van der Waals surface area contributed by atoms with E-state index >= 15 is 0 Å². The first-order valence-electron chi connectivity index (χ1n) is 4.84. The Morgan fingerprint density at radius 1 is 1.25 bits per heavy atom. The van der Waals surface area contributed by atoms with Crippen molar-refractivity contribution in [2.45, 2.75) is 34.1 Å². The van der Waals surface area contributed by atoms with Crippen LogP contribution in [0.15, 0.2) is 23.8 Å². The van der Waals surface area contributed by atoms with Crippen LogP contribution in [0, 0.1) is 16.7 Å². The summed E-state index contributed by atoms with van der Waals surface area (Å²) in [6, 6.07) is 0. The van der Waals surface area contributed by atoms with Gasteiger partial charge < -0.3 is 0 Å². The molecule has 0 N–H and O–H groups in total. The molecule has 0 saturated heterocycles. The highest BCUT2D eigenvalue weighted by Crippen LogP contribution is 2.59. The van der Waals surface area contributed by atoms with E-state index in [0.29, 0.717) is 10.8 Å². The Kier molecular flexibility index (Phi) is 1.38. The minimum Gasteiger partial charge on any atom is -0.0773 e. The molecule has 2 aliphatic rings. The van der Waals surface area contributed by atoms with E-state index in [1.165, 1.54) is 6.42 Å². The monoisotopic (exact) mass is 162 g/mol. The van der Waals surface area contributed by atoms with Crippen LogP contribution in [0.2, 0.25) is 0 Å². The first-order valence-corrected chi connectivity index (χ1v) is 4.84. The summed E-state index contributed by atoms with van der Waals surface area (Å²) < 4.78 is 0. The maximum Gasteiger partial charge on any atom is -0.000609 e. The average Bonchev–Trinajstić information content (AvgIpc) is 2.39. The van der Waals surface area contributed by atoms with Crippen molar-refractivity contribution in [3.8, 4) is 0 Å². The van der Waals surface area contributed by atoms with Crippen LogP contribution in [0.25, 0.3) is 0 Å². The van der Waals surface area contributed by atoms with Gasteiger partial charge in [-0.15, -0.1) is 0 Å². The van der Waals surface area contributed by atoms with Crippen molar-refractivity contribution < 1.29 is 0 Å². The molecule has 0 aromatic carbocycles. The molecule has 2 rings (SSSR count). The Morgan fingerprint density at radius 3 is 2.50 bits per heavy atom. The maximum atomic E-state index is 2.39. The van der Waals surface area contributed by atoms with E-state index < -0.39 is 0 Å². The van der Waals surface area contributed by atoms with Crippen LogP contribution >= 0.6 is 0 Å². The second kappa shape index (κ2) is 2.04. The zero-order chi connectivity index (χ0) is 8.98. The molecule has 0 heterocycles. The first-order chi connectivity index (χ1) is 5.45. The van der Waals surface area contributed by atoms with Crippen molar-refractivity contribution in [2.75, 3.05) is 0 Å². The zero-order valence-electron chi connectivity index (χ0n) is 8.52. The van der Waals surface area contributed by atoms with Crippen molar-refractivity contribution in [3.05, 3.63) is 23.8 Å². The summed E-state index contributed by atoms with van der Waals surface area (Å²) in [5.74, 6) is 0.745. The number of allylic oxidation sites excluding steroid dienone is 4. The van der Waals surface area contributed by atoms with E-state index in [-0.39, 0.29) is 0 Å². The van der Waals surface area contributed by atoms with Crippen LogP contribution < -0.4 is 0 Å². The molecule has 0 radical (unpaired) electrons. The lowest BCUT2D eigenvalue weighted by atomic mass is 9.69. The predicted molar refractivity (Wildman–Crippen MR) is 52.9 cm³/mol. The van der Waals surface area contributed by atoms with Crippen LogP contribution in [0.1, 0.15) is 34.1 Å². The second-order valence-corrected chi connectivity index (χ2v) is 5.33. The fourth-order valence-electron chi connectivity index (χ4n) is 2.57. The van der Waals surface area contributed by atoms with Gasteiger partial charge in [-0.1, -0.05) is 51.5 Å². The number of hydrogen-bond acceptors (Lipinski definition) is 0. The largest absolute Gasteiger partial charge is 0.0773 e. The molecule has 1 atom stereocenters. The minimum absolute atomic E-state index is 0.390. The van der Waals surface area contributed by atoms with Crippen molar-refractivity contribution in [3.63, 3.8) is 0 Å². The molecule has 1 saturated carbocycles. The van der Waals surface area contributed by atoms with E-state index in [1.54, 1.807) is 5.57 Å². The molecule has 0 nitrogen and oxygen atoms in total. The molecule has 1 unspecified atom stereocenters. The first kappa shape index (κ1) is 8.10. The van der Waals surface area contributed by atoms with E-state index in [4.69, 9.17) is 0 Å². The molecule has 0 bridgehead atoms. The minimum atomic E-state index is 0.390. The van der Waals surface area contributed by atoms with Gasteiger partial charge in [-0.25, -0.2) is 0 Å². The third-order valence-electron chi connectivity index (χ3n) is 4.16. The van der Waals surface area contributed by atoms with Gasteiger partial charge in [-0.2, -0.15) is 0 Å². The van der Waals surface area contributed by atoms with Gasteiger partial charge in [-0.3, -0.25) is 0 Å². The molecule has 0 heteroatoms. The summed E-state index contributed by atoms with van der Waals surface area (Å²) in [6.07, 6.45) is 8.21. The molecule has 12 heavy (non-hydrogen) atoms. The van der Waals surface area contributed by atoms with Gasteiger partial charge in [0.05, 0.1) is 0 Å². The third kappa shape index (κ3) is 0.784. The van der Waals surface area contributed by atoms with Crippen LogP contribution in [0.3, 0.4) is 0 Å². The summed E-state index contributed by atoms with van der Waals surface area (Å²) in [7, 11) is 0. The SMILES string of the molecule is CC1(C)CC2C=CC=C2C1(C)C. The van der Waals surface area contributed by atoms with Gasteiger partial charge in [0, 0.05) is 0 Å². The van der Waals surface area contributed by atoms with Crippen molar-refractivity contribution in [2.24, 2.45) is 16.7 Å². The van der Waals surface area contributed by atoms with Gasteiger partial charge in [0.15, 0.2) is 0 Å². The van der Waals surface area contributed by atoms with E-state index in [0.717, 1.165) is 5.92 Å². The molecule has 0 spiro atoms. The van der Waals surface area contributed by atoms with Gasteiger partial charge in [0.1, 0.15) is 0 Å². The Bertz CT molecular complexity index is 264. The maximum absolute atomic E-state index is 2.39. The smallest absolute Gasteiger partial charge is 0.000609 e. The zero-order valence-corrected chi connectivity index (χ0v) is 8.52. The van der Waals surface area contributed by atoms with Gasteiger partial charge >= 0.3 is 0 Å². The van der Waals surface area contributed by atoms with Gasteiger partial charge in [0.2, 0.25) is 0 Å². The summed E-state index contributed by atoms with van der Waals surface area (Å²) in [5.41, 5.74) is 2.50. The third-order valence-corrected chi connectivity index (χ3v) is 4.16. The Balaban J connectivity index is 2.44. The lowest BCUT2D eigenvalue weighted by Gasteiger charge is -2.35. The lowest BCUT2D eigenvalue weighted by Crippen LogP contribution is -2.27. The van der Waals surface area contributed by atoms with Crippen LogP contribution in [-0.4, -0.2) is 0 Å². The van der Waals surface area contributed by atoms with Crippen molar-refractivity contribution in [1.82, 2.24) is 0 Å². The lowest BCUT2D eigenvalue weighted by molar-refractivity contribution is 0.186. The van der Waals surface area contributed by atoms with Crippen molar-refractivity contribution >= 4 is 0 Å². The molecule has 0 aliphatic heterocycles. The molecule has 0 amide bonds. The normalized spacial score (nSPS) is 35.0. The summed E-state index contributed by atoms with van der Waals surface area (Å²) in [6.45, 7) is 9.54. The van der Waals surface area contributed by atoms with Crippen LogP contribution in [0.4, 0.5) is 0 Å². The molecule has 0 aromatic rings. The predicted octanol–water partition coefficient (Wildman–Crippen LogP) is 3.55. The number of hydrogen-bond donors (Lipinski definition) is 0.